The normalized spacial score (nSPS) is 10.9. The van der Waals surface area contributed by atoms with Crippen LogP contribution in [0.4, 0.5) is 5.69 Å². The van der Waals surface area contributed by atoms with Crippen molar-refractivity contribution < 1.29 is 13.2 Å². The number of methoxy groups -OCH3 is 1. The van der Waals surface area contributed by atoms with Crippen molar-refractivity contribution >= 4 is 21.5 Å². The zero-order valence-corrected chi connectivity index (χ0v) is 12.1. The molecule has 2 rings (SSSR count). The summed E-state index contributed by atoms with van der Waals surface area (Å²) < 4.78 is 32.3. The molecule has 0 aromatic heterocycles. The second kappa shape index (κ2) is 5.84. The smallest absolute Gasteiger partial charge is 0.262 e. The number of ether oxygens (including phenoxy) is 1. The molecule has 0 aliphatic carbocycles. The molecule has 0 unspecified atom stereocenters. The summed E-state index contributed by atoms with van der Waals surface area (Å²) in [6.07, 6.45) is 0. The van der Waals surface area contributed by atoms with Gasteiger partial charge >= 0.3 is 0 Å². The number of nitrogens with two attached hydrogens (primary N) is 1. The minimum Gasteiger partial charge on any atom is -0.495 e. The number of hydrogen-bond acceptors (Lipinski definition) is 4. The van der Waals surface area contributed by atoms with Crippen LogP contribution in [0.1, 0.15) is 5.56 Å². The molecular formula is C14H15N3O3S. The number of amidine groups is 1. The molecule has 0 radical (unpaired) electrons. The molecule has 0 aliphatic heterocycles. The lowest BCUT2D eigenvalue weighted by atomic mass is 10.1. The number of para-hydroxylation sites is 1. The lowest BCUT2D eigenvalue weighted by molar-refractivity contribution is 0.417. The van der Waals surface area contributed by atoms with E-state index in [9.17, 15) is 8.42 Å². The number of anilines is 1. The molecule has 0 amide bonds. The average Bonchev–Trinajstić information content (AvgIpc) is 2.47. The van der Waals surface area contributed by atoms with Crippen LogP contribution in [0.3, 0.4) is 0 Å². The fourth-order valence-electron chi connectivity index (χ4n) is 1.82. The first-order valence-corrected chi connectivity index (χ1v) is 7.53. The highest BCUT2D eigenvalue weighted by Gasteiger charge is 2.19. The largest absolute Gasteiger partial charge is 0.495 e. The predicted molar refractivity (Wildman–Crippen MR) is 81.3 cm³/mol. The molecule has 0 spiro atoms. The Bertz CT molecular complexity index is 758. The van der Waals surface area contributed by atoms with E-state index in [2.05, 4.69) is 4.72 Å². The highest BCUT2D eigenvalue weighted by molar-refractivity contribution is 7.92. The first-order chi connectivity index (χ1) is 9.95. The second-order valence-corrected chi connectivity index (χ2v) is 5.90. The van der Waals surface area contributed by atoms with Crippen LogP contribution in [0.2, 0.25) is 0 Å². The van der Waals surface area contributed by atoms with Gasteiger partial charge in [-0.2, -0.15) is 0 Å². The van der Waals surface area contributed by atoms with E-state index in [1.54, 1.807) is 36.4 Å². The van der Waals surface area contributed by atoms with Crippen molar-refractivity contribution in [1.82, 2.24) is 0 Å². The summed E-state index contributed by atoms with van der Waals surface area (Å²) in [4.78, 5) is 0.116. The lowest BCUT2D eigenvalue weighted by Crippen LogP contribution is -2.19. The molecule has 0 bridgehead atoms. The van der Waals surface area contributed by atoms with Gasteiger partial charge in [-0.15, -0.1) is 0 Å². The zero-order chi connectivity index (χ0) is 15.5. The maximum absolute atomic E-state index is 12.4. The van der Waals surface area contributed by atoms with E-state index in [-0.39, 0.29) is 22.0 Å². The maximum Gasteiger partial charge on any atom is 0.262 e. The van der Waals surface area contributed by atoms with Gasteiger partial charge in [0.1, 0.15) is 17.3 Å². The van der Waals surface area contributed by atoms with Gasteiger partial charge in [0, 0.05) is 5.56 Å². The number of nitrogen functional groups attached to an aromatic ring is 1. The molecule has 2 aromatic carbocycles. The Morgan fingerprint density at radius 3 is 2.38 bits per heavy atom. The van der Waals surface area contributed by atoms with Crippen LogP contribution in [0.25, 0.3) is 0 Å². The molecule has 0 fully saturated rings. The number of hydrogen-bond donors (Lipinski definition) is 3. The molecule has 0 atom stereocenters. The van der Waals surface area contributed by atoms with Gasteiger partial charge in [0.05, 0.1) is 12.0 Å². The lowest BCUT2D eigenvalue weighted by Gasteiger charge is -2.15. The van der Waals surface area contributed by atoms with Gasteiger partial charge in [-0.1, -0.05) is 24.3 Å². The van der Waals surface area contributed by atoms with E-state index in [1.165, 1.54) is 19.2 Å². The SMILES string of the molecule is COc1cccc(C(=N)N)c1NS(=O)(=O)c1ccccc1. The van der Waals surface area contributed by atoms with Crippen LogP contribution in [0.5, 0.6) is 5.75 Å². The van der Waals surface area contributed by atoms with Crippen LogP contribution in [-0.4, -0.2) is 21.4 Å². The number of sulfonamides is 1. The number of rotatable bonds is 5. The van der Waals surface area contributed by atoms with E-state index in [0.29, 0.717) is 5.75 Å². The Balaban J connectivity index is 2.51. The zero-order valence-electron chi connectivity index (χ0n) is 11.3. The quantitative estimate of drug-likeness (QED) is 0.578. The molecule has 21 heavy (non-hydrogen) atoms. The highest BCUT2D eigenvalue weighted by Crippen LogP contribution is 2.30. The van der Waals surface area contributed by atoms with E-state index >= 15 is 0 Å². The molecule has 110 valence electrons. The van der Waals surface area contributed by atoms with E-state index in [4.69, 9.17) is 15.9 Å². The summed E-state index contributed by atoms with van der Waals surface area (Å²) in [6, 6.07) is 12.7. The van der Waals surface area contributed by atoms with Crippen LogP contribution < -0.4 is 15.2 Å². The van der Waals surface area contributed by atoms with Gasteiger partial charge in [0.15, 0.2) is 0 Å². The first kappa shape index (κ1) is 14.9. The van der Waals surface area contributed by atoms with Gasteiger partial charge < -0.3 is 10.5 Å². The van der Waals surface area contributed by atoms with Crippen molar-refractivity contribution in [2.24, 2.45) is 5.73 Å². The minimum absolute atomic E-state index is 0.116. The molecule has 0 aliphatic rings. The van der Waals surface area contributed by atoms with Gasteiger partial charge in [-0.05, 0) is 24.3 Å². The van der Waals surface area contributed by atoms with Crippen LogP contribution in [0.15, 0.2) is 53.4 Å². The fraction of sp³-hybridized carbons (Fsp3) is 0.0714. The Morgan fingerprint density at radius 1 is 1.14 bits per heavy atom. The van der Waals surface area contributed by atoms with E-state index in [0.717, 1.165) is 0 Å². The highest BCUT2D eigenvalue weighted by atomic mass is 32.2. The van der Waals surface area contributed by atoms with Crippen molar-refractivity contribution in [2.75, 3.05) is 11.8 Å². The molecule has 0 heterocycles. The summed E-state index contributed by atoms with van der Waals surface area (Å²) in [6.45, 7) is 0. The third-order valence-corrected chi connectivity index (χ3v) is 4.19. The molecule has 7 heteroatoms. The Labute approximate surface area is 123 Å². The van der Waals surface area contributed by atoms with Crippen LogP contribution >= 0.6 is 0 Å². The monoisotopic (exact) mass is 305 g/mol. The summed E-state index contributed by atoms with van der Waals surface area (Å²) >= 11 is 0. The Kier molecular flexibility index (Phi) is 4.13. The third-order valence-electron chi connectivity index (χ3n) is 2.83. The van der Waals surface area contributed by atoms with Crippen molar-refractivity contribution in [3.63, 3.8) is 0 Å². The standard InChI is InChI=1S/C14H15N3O3S/c1-20-12-9-5-8-11(14(15)16)13(12)17-21(18,19)10-6-3-2-4-7-10/h2-9,17H,1H3,(H3,15,16). The van der Waals surface area contributed by atoms with Crippen molar-refractivity contribution in [1.29, 1.82) is 5.41 Å². The molecule has 0 saturated carbocycles. The van der Waals surface area contributed by atoms with Crippen molar-refractivity contribution in [3.05, 3.63) is 54.1 Å². The van der Waals surface area contributed by atoms with Crippen molar-refractivity contribution in [3.8, 4) is 5.75 Å². The van der Waals surface area contributed by atoms with Gasteiger partial charge in [0.25, 0.3) is 10.0 Å². The van der Waals surface area contributed by atoms with Crippen LogP contribution in [0, 0.1) is 5.41 Å². The van der Waals surface area contributed by atoms with Gasteiger partial charge in [-0.3, -0.25) is 10.1 Å². The van der Waals surface area contributed by atoms with Crippen molar-refractivity contribution in [2.45, 2.75) is 4.90 Å². The van der Waals surface area contributed by atoms with E-state index < -0.39 is 10.0 Å². The summed E-state index contributed by atoms with van der Waals surface area (Å²) in [5.41, 5.74) is 5.90. The average molecular weight is 305 g/mol. The molecule has 4 N–H and O–H groups in total. The predicted octanol–water partition coefficient (Wildman–Crippen LogP) is 1.78. The summed E-state index contributed by atoms with van der Waals surface area (Å²) in [7, 11) is -2.37. The summed E-state index contributed by atoms with van der Waals surface area (Å²) in [5.74, 6) is 0.0434. The number of benzene rings is 2. The number of nitrogens with one attached hydrogen (secondary N) is 2. The van der Waals surface area contributed by atoms with E-state index in [1.807, 2.05) is 0 Å². The van der Waals surface area contributed by atoms with Crippen LogP contribution in [-0.2, 0) is 10.0 Å². The van der Waals surface area contributed by atoms with Gasteiger partial charge in [-0.25, -0.2) is 8.42 Å². The third kappa shape index (κ3) is 3.14. The molecule has 6 nitrogen and oxygen atoms in total. The summed E-state index contributed by atoms with van der Waals surface area (Å²) in [5, 5.41) is 7.55. The molecule has 0 saturated heterocycles. The first-order valence-electron chi connectivity index (χ1n) is 6.05. The van der Waals surface area contributed by atoms with Gasteiger partial charge in [0.2, 0.25) is 0 Å². The fourth-order valence-corrected chi connectivity index (χ4v) is 2.94. The molecule has 2 aromatic rings. The Morgan fingerprint density at radius 2 is 1.81 bits per heavy atom. The second-order valence-electron chi connectivity index (χ2n) is 4.22. The minimum atomic E-state index is -3.78. The molecular weight excluding hydrogens is 290 g/mol. The topological polar surface area (TPSA) is 105 Å². The Hall–Kier alpha value is -2.54. The maximum atomic E-state index is 12.4.